The zero-order valence-electron chi connectivity index (χ0n) is 16.3. The maximum Gasteiger partial charge on any atom is 0.312 e. The minimum Gasteiger partial charge on any atom is -0.463 e. The third-order valence-corrected chi connectivity index (χ3v) is 6.00. The molecule has 3 fully saturated rings. The second-order valence-corrected chi connectivity index (χ2v) is 7.81. The second-order valence-electron chi connectivity index (χ2n) is 7.81. The van der Waals surface area contributed by atoms with E-state index in [9.17, 15) is 19.2 Å². The molecule has 4 atom stereocenters. The summed E-state index contributed by atoms with van der Waals surface area (Å²) in [6.45, 7) is 2.29. The first-order valence-electron chi connectivity index (χ1n) is 10.3. The summed E-state index contributed by atoms with van der Waals surface area (Å²) in [5.41, 5.74) is 0. The van der Waals surface area contributed by atoms with Crippen LogP contribution in [0.3, 0.4) is 0 Å². The SMILES string of the molecule is O=C(OCCN1CCCC1=O)[C@@H]1C2C=CC(O2)[C@@H]1C(=O)OCCN1CCCC1=O. The fourth-order valence-electron chi connectivity index (χ4n) is 4.46. The van der Waals surface area contributed by atoms with Gasteiger partial charge in [-0.2, -0.15) is 0 Å². The highest BCUT2D eigenvalue weighted by atomic mass is 16.6. The minimum absolute atomic E-state index is 0.0742. The van der Waals surface area contributed by atoms with Crippen LogP contribution >= 0.6 is 0 Å². The molecule has 2 bridgehead atoms. The van der Waals surface area contributed by atoms with Crippen LogP contribution in [-0.2, 0) is 33.4 Å². The Morgan fingerprint density at radius 1 is 0.862 bits per heavy atom. The summed E-state index contributed by atoms with van der Waals surface area (Å²) >= 11 is 0. The van der Waals surface area contributed by atoms with Crippen molar-refractivity contribution >= 4 is 23.8 Å². The second kappa shape index (κ2) is 8.52. The van der Waals surface area contributed by atoms with E-state index in [0.29, 0.717) is 39.0 Å². The standard InChI is InChI=1S/C20H26N2O7/c23-15-3-1-7-21(15)9-11-27-19(25)17-13-5-6-14(29-13)18(17)20(26)28-12-10-22-8-2-4-16(22)24/h5-6,13-14,17-18H,1-4,7-12H2/t13?,14?,17-,18+. The van der Waals surface area contributed by atoms with E-state index in [1.165, 1.54) is 0 Å². The van der Waals surface area contributed by atoms with Gasteiger partial charge in [0.25, 0.3) is 0 Å². The van der Waals surface area contributed by atoms with Crippen LogP contribution in [0.2, 0.25) is 0 Å². The first-order valence-corrected chi connectivity index (χ1v) is 10.3. The highest BCUT2D eigenvalue weighted by Crippen LogP contribution is 2.40. The van der Waals surface area contributed by atoms with Crippen LogP contribution < -0.4 is 0 Å². The van der Waals surface area contributed by atoms with Crippen LogP contribution in [0, 0.1) is 11.8 Å². The van der Waals surface area contributed by atoms with Crippen LogP contribution in [-0.4, -0.2) is 85.2 Å². The predicted molar refractivity (Wildman–Crippen MR) is 98.3 cm³/mol. The summed E-state index contributed by atoms with van der Waals surface area (Å²) in [7, 11) is 0. The molecule has 4 aliphatic heterocycles. The van der Waals surface area contributed by atoms with Crippen molar-refractivity contribution in [3.8, 4) is 0 Å². The smallest absolute Gasteiger partial charge is 0.312 e. The molecule has 9 heteroatoms. The summed E-state index contributed by atoms with van der Waals surface area (Å²) in [4.78, 5) is 51.9. The average molecular weight is 406 g/mol. The van der Waals surface area contributed by atoms with Gasteiger partial charge in [-0.15, -0.1) is 0 Å². The van der Waals surface area contributed by atoms with Gasteiger partial charge in [-0.05, 0) is 12.8 Å². The summed E-state index contributed by atoms with van der Waals surface area (Å²) < 4.78 is 16.4. The molecule has 3 saturated heterocycles. The number of carbonyl (C=O) groups is 4. The molecule has 4 rings (SSSR count). The molecular weight excluding hydrogens is 380 g/mol. The van der Waals surface area contributed by atoms with Gasteiger partial charge >= 0.3 is 11.9 Å². The van der Waals surface area contributed by atoms with Gasteiger partial charge in [0.2, 0.25) is 11.8 Å². The molecule has 0 N–H and O–H groups in total. The van der Waals surface area contributed by atoms with Gasteiger partial charge in [-0.25, -0.2) is 0 Å². The number of fused-ring (bicyclic) bond motifs is 2. The van der Waals surface area contributed by atoms with E-state index in [4.69, 9.17) is 14.2 Å². The van der Waals surface area contributed by atoms with Crippen LogP contribution in [0.25, 0.3) is 0 Å². The Kier molecular flexibility index (Phi) is 5.84. The van der Waals surface area contributed by atoms with Crippen LogP contribution in [0.4, 0.5) is 0 Å². The van der Waals surface area contributed by atoms with Crippen molar-refractivity contribution in [1.82, 2.24) is 9.80 Å². The number of hydrogen-bond donors (Lipinski definition) is 0. The Hall–Kier alpha value is -2.42. The molecular formula is C20H26N2O7. The number of amides is 2. The summed E-state index contributed by atoms with van der Waals surface area (Å²) in [5, 5.41) is 0. The van der Waals surface area contributed by atoms with Crippen molar-refractivity contribution in [2.24, 2.45) is 11.8 Å². The zero-order chi connectivity index (χ0) is 20.4. The molecule has 0 radical (unpaired) electrons. The van der Waals surface area contributed by atoms with E-state index in [1.807, 2.05) is 0 Å². The summed E-state index contributed by atoms with van der Waals surface area (Å²) in [6.07, 6.45) is 5.27. The van der Waals surface area contributed by atoms with Crippen LogP contribution in [0.15, 0.2) is 12.2 Å². The van der Waals surface area contributed by atoms with E-state index in [1.54, 1.807) is 22.0 Å². The van der Waals surface area contributed by atoms with E-state index in [0.717, 1.165) is 12.8 Å². The molecule has 158 valence electrons. The van der Waals surface area contributed by atoms with Crippen LogP contribution in [0.1, 0.15) is 25.7 Å². The number of hydrogen-bond acceptors (Lipinski definition) is 7. The minimum atomic E-state index is -0.750. The molecule has 29 heavy (non-hydrogen) atoms. The molecule has 9 nitrogen and oxygen atoms in total. The maximum absolute atomic E-state index is 12.6. The predicted octanol–water partition coefficient (Wildman–Crippen LogP) is -0.113. The lowest BCUT2D eigenvalue weighted by molar-refractivity contribution is -0.160. The highest BCUT2D eigenvalue weighted by molar-refractivity contribution is 5.85. The Labute approximate surface area is 168 Å². The van der Waals surface area contributed by atoms with Crippen molar-refractivity contribution in [2.75, 3.05) is 39.4 Å². The molecule has 0 spiro atoms. The van der Waals surface area contributed by atoms with Gasteiger partial charge in [0.1, 0.15) is 25.0 Å². The Morgan fingerprint density at radius 2 is 1.31 bits per heavy atom. The lowest BCUT2D eigenvalue weighted by Crippen LogP contribution is -2.40. The molecule has 4 aliphatic rings. The van der Waals surface area contributed by atoms with E-state index >= 15 is 0 Å². The lowest BCUT2D eigenvalue weighted by atomic mass is 9.83. The van der Waals surface area contributed by atoms with Gasteiger partial charge in [0, 0.05) is 25.9 Å². The van der Waals surface area contributed by atoms with Gasteiger partial charge in [-0.1, -0.05) is 12.2 Å². The molecule has 0 saturated carbocycles. The number of rotatable bonds is 8. The zero-order valence-corrected chi connectivity index (χ0v) is 16.3. The molecule has 0 aliphatic carbocycles. The highest BCUT2D eigenvalue weighted by Gasteiger charge is 2.54. The van der Waals surface area contributed by atoms with Crippen molar-refractivity contribution in [2.45, 2.75) is 37.9 Å². The normalized spacial score (nSPS) is 30.5. The van der Waals surface area contributed by atoms with E-state index in [-0.39, 0.29) is 25.0 Å². The Balaban J connectivity index is 1.28. The van der Waals surface area contributed by atoms with Crippen molar-refractivity contribution in [1.29, 1.82) is 0 Å². The van der Waals surface area contributed by atoms with Crippen molar-refractivity contribution in [3.05, 3.63) is 12.2 Å². The molecule has 0 aromatic heterocycles. The largest absolute Gasteiger partial charge is 0.463 e. The quantitative estimate of drug-likeness (QED) is 0.409. The van der Waals surface area contributed by atoms with Crippen molar-refractivity contribution in [3.63, 3.8) is 0 Å². The number of nitrogens with zero attached hydrogens (tertiary/aromatic N) is 2. The van der Waals surface area contributed by atoms with Gasteiger partial charge < -0.3 is 24.0 Å². The molecule has 4 heterocycles. The lowest BCUT2D eigenvalue weighted by Gasteiger charge is -2.23. The molecule has 2 unspecified atom stereocenters. The van der Waals surface area contributed by atoms with Gasteiger partial charge in [0.05, 0.1) is 25.3 Å². The summed E-state index contributed by atoms with van der Waals surface area (Å²) in [6, 6.07) is 0. The van der Waals surface area contributed by atoms with Crippen molar-refractivity contribution < 1.29 is 33.4 Å². The Morgan fingerprint density at radius 3 is 1.69 bits per heavy atom. The first kappa shape index (κ1) is 19.9. The van der Waals surface area contributed by atoms with E-state index < -0.39 is 36.0 Å². The monoisotopic (exact) mass is 406 g/mol. The fraction of sp³-hybridized carbons (Fsp3) is 0.700. The van der Waals surface area contributed by atoms with Gasteiger partial charge in [0.15, 0.2) is 0 Å². The number of esters is 2. The number of carbonyl (C=O) groups excluding carboxylic acids is 4. The van der Waals surface area contributed by atoms with Gasteiger partial charge in [-0.3, -0.25) is 19.2 Å². The first-order chi connectivity index (χ1) is 14.0. The van der Waals surface area contributed by atoms with E-state index in [2.05, 4.69) is 0 Å². The third-order valence-electron chi connectivity index (χ3n) is 6.00. The topological polar surface area (TPSA) is 102 Å². The third kappa shape index (κ3) is 4.14. The maximum atomic E-state index is 12.6. The number of likely N-dealkylation sites (tertiary alicyclic amines) is 2. The Bertz CT molecular complexity index is 664. The molecule has 0 aromatic carbocycles. The van der Waals surface area contributed by atoms with Crippen LogP contribution in [0.5, 0.6) is 0 Å². The number of ether oxygens (including phenoxy) is 3. The molecule has 0 aromatic rings. The molecule has 2 amide bonds. The average Bonchev–Trinajstić information content (AvgIpc) is 3.48. The summed E-state index contributed by atoms with van der Waals surface area (Å²) in [5.74, 6) is -2.37. The fourth-order valence-corrected chi connectivity index (χ4v) is 4.46.